The van der Waals surface area contributed by atoms with E-state index in [-0.39, 0.29) is 5.91 Å². The number of hydrogen-bond donors (Lipinski definition) is 0. The van der Waals surface area contributed by atoms with Crippen LogP contribution in [-0.4, -0.2) is 42.0 Å². The van der Waals surface area contributed by atoms with Gasteiger partial charge in [-0.3, -0.25) is 9.69 Å². The Bertz CT molecular complexity index is 933. The first-order valence-electron chi connectivity index (χ1n) is 9.70. The molecular formula is C21H26ClN3OS2. The molecule has 0 saturated carbocycles. The second-order valence-electron chi connectivity index (χ2n) is 6.61. The minimum absolute atomic E-state index is 0.0699. The number of amides is 1. The largest absolute Gasteiger partial charge is 0.302 e. The molecule has 0 aliphatic heterocycles. The zero-order chi connectivity index (χ0) is 20.1. The zero-order valence-electron chi connectivity index (χ0n) is 16.6. The van der Waals surface area contributed by atoms with Crippen LogP contribution in [0, 0.1) is 0 Å². The van der Waals surface area contributed by atoms with E-state index in [4.69, 9.17) is 16.6 Å². The lowest BCUT2D eigenvalue weighted by atomic mass is 10.2. The van der Waals surface area contributed by atoms with Crippen LogP contribution in [0.2, 0.25) is 4.34 Å². The molecule has 4 nitrogen and oxygen atoms in total. The van der Waals surface area contributed by atoms with Crippen LogP contribution >= 0.6 is 34.3 Å². The number of benzene rings is 1. The van der Waals surface area contributed by atoms with Gasteiger partial charge in [0, 0.05) is 18.0 Å². The first kappa shape index (κ1) is 21.2. The Hall–Kier alpha value is -1.47. The predicted molar refractivity (Wildman–Crippen MR) is 122 cm³/mol. The van der Waals surface area contributed by atoms with Gasteiger partial charge in [0.15, 0.2) is 5.13 Å². The number of carbonyl (C=O) groups is 1. The fourth-order valence-corrected chi connectivity index (χ4v) is 5.24. The van der Waals surface area contributed by atoms with Crippen molar-refractivity contribution in [1.29, 1.82) is 0 Å². The third-order valence-electron chi connectivity index (χ3n) is 4.87. The van der Waals surface area contributed by atoms with Gasteiger partial charge < -0.3 is 4.90 Å². The van der Waals surface area contributed by atoms with Crippen LogP contribution in [0.5, 0.6) is 0 Å². The van der Waals surface area contributed by atoms with E-state index in [0.29, 0.717) is 17.3 Å². The van der Waals surface area contributed by atoms with Crippen molar-refractivity contribution < 1.29 is 4.79 Å². The number of aryl methyl sites for hydroxylation is 1. The number of anilines is 1. The van der Waals surface area contributed by atoms with Crippen LogP contribution in [0.1, 0.15) is 31.2 Å². The van der Waals surface area contributed by atoms with E-state index < -0.39 is 0 Å². The molecule has 0 atom stereocenters. The average Bonchev–Trinajstić information content (AvgIpc) is 3.30. The van der Waals surface area contributed by atoms with Gasteiger partial charge in [-0.15, -0.1) is 11.3 Å². The molecule has 1 aromatic carbocycles. The van der Waals surface area contributed by atoms with Crippen LogP contribution in [-0.2, 0) is 17.6 Å². The lowest BCUT2D eigenvalue weighted by Crippen LogP contribution is -2.39. The molecule has 0 unspecified atom stereocenters. The number of fused-ring (bicyclic) bond motifs is 1. The molecule has 28 heavy (non-hydrogen) atoms. The van der Waals surface area contributed by atoms with E-state index >= 15 is 0 Å². The van der Waals surface area contributed by atoms with Crippen molar-refractivity contribution in [2.75, 3.05) is 31.1 Å². The van der Waals surface area contributed by atoms with Gasteiger partial charge in [0.1, 0.15) is 0 Å². The molecule has 0 saturated heterocycles. The Labute approximate surface area is 179 Å². The summed E-state index contributed by atoms with van der Waals surface area (Å²) in [6.45, 7) is 9.85. The number of aromatic nitrogens is 1. The van der Waals surface area contributed by atoms with Crippen LogP contribution in [0.3, 0.4) is 0 Å². The Morgan fingerprint density at radius 1 is 1.07 bits per heavy atom. The van der Waals surface area contributed by atoms with Gasteiger partial charge in [0.2, 0.25) is 5.91 Å². The number of thiophene rings is 1. The number of halogens is 1. The molecule has 2 heterocycles. The van der Waals surface area contributed by atoms with Crippen molar-refractivity contribution >= 4 is 55.5 Å². The van der Waals surface area contributed by atoms with Gasteiger partial charge in [0.05, 0.1) is 21.0 Å². The number of carbonyl (C=O) groups excluding carboxylic acids is 1. The quantitative estimate of drug-likeness (QED) is 0.445. The molecule has 0 fully saturated rings. The van der Waals surface area contributed by atoms with Crippen molar-refractivity contribution in [2.24, 2.45) is 0 Å². The fourth-order valence-electron chi connectivity index (χ4n) is 3.09. The van der Waals surface area contributed by atoms with Crippen LogP contribution in [0.25, 0.3) is 10.2 Å². The summed E-state index contributed by atoms with van der Waals surface area (Å²) in [7, 11) is 0. The molecule has 0 N–H and O–H groups in total. The number of nitrogens with zero attached hydrogens (tertiary/aromatic N) is 3. The topological polar surface area (TPSA) is 36.4 Å². The zero-order valence-corrected chi connectivity index (χ0v) is 19.0. The normalized spacial score (nSPS) is 11.5. The van der Waals surface area contributed by atoms with Gasteiger partial charge >= 0.3 is 0 Å². The summed E-state index contributed by atoms with van der Waals surface area (Å²) in [5.41, 5.74) is 2.24. The summed E-state index contributed by atoms with van der Waals surface area (Å²) in [6, 6.07) is 10.1. The summed E-state index contributed by atoms with van der Waals surface area (Å²) >= 11 is 9.10. The maximum absolute atomic E-state index is 13.1. The molecule has 0 bridgehead atoms. The highest BCUT2D eigenvalue weighted by Crippen LogP contribution is 2.31. The third kappa shape index (κ3) is 5.11. The molecule has 1 amide bonds. The minimum Gasteiger partial charge on any atom is -0.302 e. The number of rotatable bonds is 9. The number of thiazole rings is 1. The van der Waals surface area contributed by atoms with Gasteiger partial charge in [-0.2, -0.15) is 0 Å². The number of likely N-dealkylation sites (N-methyl/N-ethyl adjacent to an activating group) is 1. The Morgan fingerprint density at radius 3 is 2.50 bits per heavy atom. The molecule has 0 radical (unpaired) electrons. The Balaban J connectivity index is 1.87. The molecule has 7 heteroatoms. The minimum atomic E-state index is 0.0699. The summed E-state index contributed by atoms with van der Waals surface area (Å²) in [6.07, 6.45) is 1.35. The summed E-state index contributed by atoms with van der Waals surface area (Å²) in [5.74, 6) is 0.0699. The van der Waals surface area contributed by atoms with Gasteiger partial charge in [-0.1, -0.05) is 49.8 Å². The fraction of sp³-hybridized carbons (Fsp3) is 0.429. The lowest BCUT2D eigenvalue weighted by Gasteiger charge is -2.24. The Kier molecular flexibility index (Phi) is 7.46. The van der Waals surface area contributed by atoms with Crippen molar-refractivity contribution in [1.82, 2.24) is 9.88 Å². The maximum Gasteiger partial charge on any atom is 0.234 e. The molecule has 0 aliphatic carbocycles. The predicted octanol–water partition coefficient (Wildman–Crippen LogP) is 5.49. The van der Waals surface area contributed by atoms with E-state index in [1.54, 1.807) is 11.3 Å². The van der Waals surface area contributed by atoms with E-state index in [1.807, 2.05) is 17.0 Å². The lowest BCUT2D eigenvalue weighted by molar-refractivity contribution is -0.118. The van der Waals surface area contributed by atoms with Crippen molar-refractivity contribution in [3.05, 3.63) is 45.1 Å². The summed E-state index contributed by atoms with van der Waals surface area (Å²) in [5, 5.41) is 0.781. The molecular weight excluding hydrogens is 410 g/mol. The molecule has 3 aromatic rings. The first-order chi connectivity index (χ1) is 13.5. The maximum atomic E-state index is 13.1. The molecule has 2 aromatic heterocycles. The van der Waals surface area contributed by atoms with E-state index in [9.17, 15) is 4.79 Å². The molecule has 150 valence electrons. The van der Waals surface area contributed by atoms with Crippen LogP contribution < -0.4 is 4.90 Å². The highest BCUT2D eigenvalue weighted by Gasteiger charge is 2.21. The molecule has 0 spiro atoms. The summed E-state index contributed by atoms with van der Waals surface area (Å²) < 4.78 is 1.85. The van der Waals surface area contributed by atoms with E-state index in [0.717, 1.165) is 46.3 Å². The first-order valence-corrected chi connectivity index (χ1v) is 11.7. The van der Waals surface area contributed by atoms with Crippen molar-refractivity contribution in [3.8, 4) is 0 Å². The number of hydrogen-bond acceptors (Lipinski definition) is 5. The van der Waals surface area contributed by atoms with Crippen molar-refractivity contribution in [3.63, 3.8) is 0 Å². The Morgan fingerprint density at radius 2 is 1.86 bits per heavy atom. The van der Waals surface area contributed by atoms with Crippen molar-refractivity contribution in [2.45, 2.75) is 33.6 Å². The third-order valence-corrected chi connectivity index (χ3v) is 7.14. The molecule has 3 rings (SSSR count). The van der Waals surface area contributed by atoms with E-state index in [1.165, 1.54) is 16.9 Å². The average molecular weight is 436 g/mol. The van der Waals surface area contributed by atoms with E-state index in [2.05, 4.69) is 43.9 Å². The highest BCUT2D eigenvalue weighted by atomic mass is 35.5. The van der Waals surface area contributed by atoms with Crippen LogP contribution in [0.15, 0.2) is 30.3 Å². The second-order valence-corrected chi connectivity index (χ2v) is 9.42. The van der Waals surface area contributed by atoms with Gasteiger partial charge in [-0.05, 0) is 49.3 Å². The SMILES string of the molecule is CCc1ccc2nc(N(CCN(CC)CC)C(=O)Cc3ccc(Cl)s3)sc2c1. The van der Waals surface area contributed by atoms with Crippen LogP contribution in [0.4, 0.5) is 5.13 Å². The smallest absolute Gasteiger partial charge is 0.234 e. The standard InChI is InChI=1S/C21H26ClN3OS2/c1-4-15-7-9-17-18(13-15)28-21(23-17)25(12-11-24(5-2)6-3)20(26)14-16-8-10-19(22)27-16/h7-10,13H,4-6,11-12,14H2,1-3H3. The van der Waals surface area contributed by atoms with Gasteiger partial charge in [-0.25, -0.2) is 4.98 Å². The monoisotopic (exact) mass is 435 g/mol. The highest BCUT2D eigenvalue weighted by molar-refractivity contribution is 7.22. The second kappa shape index (κ2) is 9.83. The molecule has 0 aliphatic rings. The van der Waals surface area contributed by atoms with Gasteiger partial charge in [0.25, 0.3) is 0 Å². The summed E-state index contributed by atoms with van der Waals surface area (Å²) in [4.78, 5) is 23.1.